The number of rotatable bonds is 3. The first-order chi connectivity index (χ1) is 9.45. The van der Waals surface area contributed by atoms with Gasteiger partial charge in [0.05, 0.1) is 17.7 Å². The second-order valence-corrected chi connectivity index (χ2v) is 5.21. The molecule has 1 fully saturated rings. The number of nitrogens with one attached hydrogen (secondary N) is 1. The molecule has 0 saturated carbocycles. The molecule has 0 aromatic heterocycles. The highest BCUT2D eigenvalue weighted by Crippen LogP contribution is 2.24. The maximum absolute atomic E-state index is 12.2. The molecule has 1 N–H and O–H groups in total. The Morgan fingerprint density at radius 1 is 1.40 bits per heavy atom. The first-order valence-corrected chi connectivity index (χ1v) is 6.58. The summed E-state index contributed by atoms with van der Waals surface area (Å²) < 4.78 is 0. The van der Waals surface area contributed by atoms with Crippen LogP contribution < -0.4 is 5.32 Å². The number of carbonyl (C=O) groups excluding carboxylic acids is 2. The molecular formula is C15H17N3O2. The Balaban J connectivity index is 2.25. The molecule has 0 radical (unpaired) electrons. The van der Waals surface area contributed by atoms with Crippen LogP contribution in [0.1, 0.15) is 31.4 Å². The Kier molecular flexibility index (Phi) is 3.75. The van der Waals surface area contributed by atoms with Gasteiger partial charge in [-0.05, 0) is 32.4 Å². The van der Waals surface area contributed by atoms with Crippen molar-refractivity contribution >= 4 is 17.5 Å². The average molecular weight is 271 g/mol. The van der Waals surface area contributed by atoms with Crippen molar-refractivity contribution in [2.75, 3.05) is 5.32 Å². The van der Waals surface area contributed by atoms with E-state index in [4.69, 9.17) is 0 Å². The van der Waals surface area contributed by atoms with E-state index in [-0.39, 0.29) is 24.3 Å². The highest BCUT2D eigenvalue weighted by atomic mass is 16.2. The Hall–Kier alpha value is -2.35. The maximum atomic E-state index is 12.2. The van der Waals surface area contributed by atoms with E-state index >= 15 is 0 Å². The van der Waals surface area contributed by atoms with Crippen LogP contribution >= 0.6 is 0 Å². The number of hydrogen-bond donors (Lipinski definition) is 1. The van der Waals surface area contributed by atoms with Crippen LogP contribution in [0.2, 0.25) is 0 Å². The highest BCUT2D eigenvalue weighted by Gasteiger charge is 2.40. The van der Waals surface area contributed by atoms with Crippen LogP contribution in [0.5, 0.6) is 0 Å². The van der Waals surface area contributed by atoms with Gasteiger partial charge in [0.2, 0.25) is 5.91 Å². The Bertz CT molecular complexity index is 602. The van der Waals surface area contributed by atoms with E-state index in [1.54, 1.807) is 6.07 Å². The summed E-state index contributed by atoms with van der Waals surface area (Å²) in [4.78, 5) is 25.3. The highest BCUT2D eigenvalue weighted by molar-refractivity contribution is 6.07. The molecule has 104 valence electrons. The fraction of sp³-hybridized carbons (Fsp3) is 0.400. The monoisotopic (exact) mass is 271 g/mol. The fourth-order valence-corrected chi connectivity index (χ4v) is 2.43. The van der Waals surface area contributed by atoms with Crippen molar-refractivity contribution in [3.63, 3.8) is 0 Å². The summed E-state index contributed by atoms with van der Waals surface area (Å²) in [5.41, 5.74) is 1.95. The van der Waals surface area contributed by atoms with E-state index in [1.165, 1.54) is 4.90 Å². The summed E-state index contributed by atoms with van der Waals surface area (Å²) in [6.45, 7) is 5.46. The van der Waals surface area contributed by atoms with Crippen molar-refractivity contribution in [3.05, 3.63) is 29.3 Å². The first-order valence-electron chi connectivity index (χ1n) is 6.58. The number of aryl methyl sites for hydroxylation is 1. The molecule has 1 aromatic carbocycles. The minimum Gasteiger partial charge on any atom is -0.372 e. The van der Waals surface area contributed by atoms with Crippen LogP contribution in [0.25, 0.3) is 0 Å². The quantitative estimate of drug-likeness (QED) is 0.851. The second kappa shape index (κ2) is 5.33. The number of carbonyl (C=O) groups is 2. The lowest BCUT2D eigenvalue weighted by Crippen LogP contribution is -2.39. The van der Waals surface area contributed by atoms with E-state index in [9.17, 15) is 14.9 Å². The molecule has 1 aromatic rings. The molecule has 5 nitrogen and oxygen atoms in total. The average Bonchev–Trinajstić information content (AvgIpc) is 2.64. The number of likely N-dealkylation sites (tertiary alicyclic amines) is 1. The van der Waals surface area contributed by atoms with Crippen LogP contribution in [0.3, 0.4) is 0 Å². The number of nitrogens with zero attached hydrogens (tertiary/aromatic N) is 2. The van der Waals surface area contributed by atoms with E-state index in [1.807, 2.05) is 32.9 Å². The molecular weight excluding hydrogens is 254 g/mol. The molecule has 1 saturated heterocycles. The van der Waals surface area contributed by atoms with Crippen LogP contribution in [-0.2, 0) is 9.59 Å². The van der Waals surface area contributed by atoms with Crippen molar-refractivity contribution in [2.45, 2.75) is 39.3 Å². The van der Waals surface area contributed by atoms with E-state index in [0.29, 0.717) is 11.3 Å². The molecule has 2 rings (SSSR count). The fourth-order valence-electron chi connectivity index (χ4n) is 2.43. The van der Waals surface area contributed by atoms with Gasteiger partial charge in [-0.1, -0.05) is 12.1 Å². The topological polar surface area (TPSA) is 73.2 Å². The molecule has 5 heteroatoms. The third kappa shape index (κ3) is 2.37. The van der Waals surface area contributed by atoms with Gasteiger partial charge in [-0.15, -0.1) is 0 Å². The summed E-state index contributed by atoms with van der Waals surface area (Å²) in [6.07, 6.45) is 0.135. The van der Waals surface area contributed by atoms with E-state index in [0.717, 1.165) is 5.56 Å². The summed E-state index contributed by atoms with van der Waals surface area (Å²) in [6, 6.07) is 6.81. The lowest BCUT2D eigenvalue weighted by atomic mass is 10.1. The zero-order chi connectivity index (χ0) is 14.9. The third-order valence-corrected chi connectivity index (χ3v) is 3.41. The number of hydrogen-bond acceptors (Lipinski definition) is 4. The number of nitriles is 1. The van der Waals surface area contributed by atoms with Gasteiger partial charge in [0.1, 0.15) is 12.1 Å². The van der Waals surface area contributed by atoms with E-state index in [2.05, 4.69) is 11.4 Å². The lowest BCUT2D eigenvalue weighted by molar-refractivity contribution is -0.140. The number of anilines is 1. The summed E-state index contributed by atoms with van der Waals surface area (Å²) in [7, 11) is 0. The molecule has 0 bridgehead atoms. The largest absolute Gasteiger partial charge is 0.372 e. The maximum Gasteiger partial charge on any atom is 0.252 e. The Labute approximate surface area is 118 Å². The predicted octanol–water partition coefficient (Wildman–Crippen LogP) is 1.81. The SMILES string of the molecule is Cc1cccc(NC2CC(=O)N(C(C)C)C2=O)c1C#N. The van der Waals surface area contributed by atoms with Crippen molar-refractivity contribution < 1.29 is 9.59 Å². The molecule has 20 heavy (non-hydrogen) atoms. The van der Waals surface area contributed by atoms with Gasteiger partial charge in [-0.2, -0.15) is 5.26 Å². The van der Waals surface area contributed by atoms with Gasteiger partial charge in [0, 0.05) is 6.04 Å². The van der Waals surface area contributed by atoms with Crippen molar-refractivity contribution in [3.8, 4) is 6.07 Å². The zero-order valence-corrected chi connectivity index (χ0v) is 11.8. The first kappa shape index (κ1) is 14.1. The standard InChI is InChI=1S/C15H17N3O2/c1-9(2)18-14(19)7-13(15(18)20)17-12-6-4-5-10(3)11(12)8-16/h4-6,9,13,17H,7H2,1-3H3. The van der Waals surface area contributed by atoms with Gasteiger partial charge < -0.3 is 5.32 Å². The summed E-state index contributed by atoms with van der Waals surface area (Å²) >= 11 is 0. The molecule has 0 aliphatic carbocycles. The number of imide groups is 1. The third-order valence-electron chi connectivity index (χ3n) is 3.41. The predicted molar refractivity (Wildman–Crippen MR) is 74.9 cm³/mol. The van der Waals surface area contributed by atoms with Crippen molar-refractivity contribution in [1.29, 1.82) is 5.26 Å². The van der Waals surface area contributed by atoms with Crippen LogP contribution in [0.4, 0.5) is 5.69 Å². The van der Waals surface area contributed by atoms with E-state index < -0.39 is 6.04 Å². The summed E-state index contributed by atoms with van der Waals surface area (Å²) in [5.74, 6) is -0.399. The van der Waals surface area contributed by atoms with Gasteiger partial charge in [-0.25, -0.2) is 0 Å². The van der Waals surface area contributed by atoms with Gasteiger partial charge in [-0.3, -0.25) is 14.5 Å². The zero-order valence-electron chi connectivity index (χ0n) is 11.8. The van der Waals surface area contributed by atoms with Crippen molar-refractivity contribution in [1.82, 2.24) is 4.90 Å². The molecule has 0 spiro atoms. The van der Waals surface area contributed by atoms with Gasteiger partial charge >= 0.3 is 0 Å². The van der Waals surface area contributed by atoms with Crippen LogP contribution in [0.15, 0.2) is 18.2 Å². The number of amides is 2. The molecule has 1 atom stereocenters. The Morgan fingerprint density at radius 2 is 2.10 bits per heavy atom. The van der Waals surface area contributed by atoms with Crippen LogP contribution in [-0.4, -0.2) is 28.8 Å². The molecule has 1 unspecified atom stereocenters. The lowest BCUT2D eigenvalue weighted by Gasteiger charge is -2.19. The molecule has 2 amide bonds. The van der Waals surface area contributed by atoms with Crippen molar-refractivity contribution in [2.24, 2.45) is 0 Å². The van der Waals surface area contributed by atoms with Gasteiger partial charge in [0.25, 0.3) is 5.91 Å². The minimum atomic E-state index is -0.584. The molecule has 1 aliphatic rings. The molecule has 1 heterocycles. The summed E-state index contributed by atoms with van der Waals surface area (Å²) in [5, 5.41) is 12.2. The smallest absolute Gasteiger partial charge is 0.252 e. The van der Waals surface area contributed by atoms with Gasteiger partial charge in [0.15, 0.2) is 0 Å². The second-order valence-electron chi connectivity index (χ2n) is 5.21. The Morgan fingerprint density at radius 3 is 2.65 bits per heavy atom. The molecule has 1 aliphatic heterocycles. The normalized spacial score (nSPS) is 18.6. The van der Waals surface area contributed by atoms with Crippen LogP contribution in [0, 0.1) is 18.3 Å². The minimum absolute atomic E-state index is 0.135. The number of benzene rings is 1.